The number of carbonyl (C=O) groups is 2. The Labute approximate surface area is 188 Å². The van der Waals surface area contributed by atoms with Crippen molar-refractivity contribution in [2.45, 2.75) is 43.5 Å². The van der Waals surface area contributed by atoms with Crippen LogP contribution in [0.3, 0.4) is 0 Å². The first kappa shape index (κ1) is 22.4. The van der Waals surface area contributed by atoms with Crippen LogP contribution in [0.1, 0.15) is 37.8 Å². The van der Waals surface area contributed by atoms with E-state index in [-0.39, 0.29) is 23.3 Å². The average molecular weight is 457 g/mol. The Balaban J connectivity index is 1.50. The second-order valence-electron chi connectivity index (χ2n) is 8.95. The fourth-order valence-corrected chi connectivity index (χ4v) is 6.02. The van der Waals surface area contributed by atoms with Crippen LogP contribution in [0.15, 0.2) is 47.6 Å². The van der Waals surface area contributed by atoms with Crippen molar-refractivity contribution in [2.75, 3.05) is 25.0 Å². The molecule has 1 saturated heterocycles. The van der Waals surface area contributed by atoms with Gasteiger partial charge in [0.25, 0.3) is 0 Å². The number of likely N-dealkylation sites (N-methyl/N-ethyl adjacent to an activating group) is 1. The summed E-state index contributed by atoms with van der Waals surface area (Å²) in [4.78, 5) is 31.0. The van der Waals surface area contributed by atoms with Gasteiger partial charge >= 0.3 is 0 Å². The van der Waals surface area contributed by atoms with E-state index in [1.807, 2.05) is 6.07 Å². The third-order valence-corrected chi connectivity index (χ3v) is 8.29. The third kappa shape index (κ3) is 3.91. The first-order chi connectivity index (χ1) is 15.1. The minimum atomic E-state index is -3.79. The van der Waals surface area contributed by atoms with E-state index in [1.54, 1.807) is 62.5 Å². The normalized spacial score (nSPS) is 20.8. The lowest BCUT2D eigenvalue weighted by atomic mass is 9.86. The summed E-state index contributed by atoms with van der Waals surface area (Å²) >= 11 is 0. The highest BCUT2D eigenvalue weighted by atomic mass is 32.2. The third-order valence-electron chi connectivity index (χ3n) is 6.42. The fraction of sp³-hybridized carbons (Fsp3) is 0.435. The number of fused-ring (bicyclic) bond motifs is 1. The molecule has 4 rings (SSSR count). The number of rotatable bonds is 5. The van der Waals surface area contributed by atoms with Crippen LogP contribution in [0.5, 0.6) is 0 Å². The monoisotopic (exact) mass is 456 g/mol. The summed E-state index contributed by atoms with van der Waals surface area (Å²) in [5.74, 6) is -0.629. The first-order valence-electron chi connectivity index (χ1n) is 10.7. The smallest absolute Gasteiger partial charge is 0.243 e. The summed E-state index contributed by atoms with van der Waals surface area (Å²) in [5.41, 5.74) is 1.53. The van der Waals surface area contributed by atoms with E-state index in [9.17, 15) is 18.0 Å². The molecule has 2 aromatic rings. The Morgan fingerprint density at radius 2 is 2.06 bits per heavy atom. The van der Waals surface area contributed by atoms with E-state index >= 15 is 0 Å². The Hall–Kier alpha value is -2.78. The molecule has 0 unspecified atom stereocenters. The van der Waals surface area contributed by atoms with Gasteiger partial charge in [-0.15, -0.1) is 0 Å². The number of pyridine rings is 1. The molecule has 0 aliphatic carbocycles. The molecule has 9 heteroatoms. The molecule has 0 saturated carbocycles. The number of anilines is 1. The molecule has 2 aliphatic heterocycles. The molecule has 1 N–H and O–H groups in total. The lowest BCUT2D eigenvalue weighted by Gasteiger charge is -2.31. The number of aromatic nitrogens is 1. The molecule has 1 aromatic heterocycles. The van der Waals surface area contributed by atoms with Crippen LogP contribution >= 0.6 is 0 Å². The zero-order chi connectivity index (χ0) is 23.1. The molecule has 3 heterocycles. The quantitative estimate of drug-likeness (QED) is 0.742. The Bertz CT molecular complexity index is 1150. The van der Waals surface area contributed by atoms with Crippen molar-refractivity contribution in [1.82, 2.24) is 14.6 Å². The average Bonchev–Trinajstić information content (AvgIpc) is 2.98. The van der Waals surface area contributed by atoms with Gasteiger partial charge in [0.05, 0.1) is 16.2 Å². The highest BCUT2D eigenvalue weighted by Crippen LogP contribution is 2.42. The minimum absolute atomic E-state index is 0.0645. The van der Waals surface area contributed by atoms with Gasteiger partial charge in [-0.1, -0.05) is 6.07 Å². The zero-order valence-corrected chi connectivity index (χ0v) is 19.4. The van der Waals surface area contributed by atoms with Crippen molar-refractivity contribution in [3.05, 3.63) is 53.9 Å². The van der Waals surface area contributed by atoms with Crippen molar-refractivity contribution >= 4 is 27.5 Å². The van der Waals surface area contributed by atoms with E-state index in [4.69, 9.17) is 0 Å². The molecule has 2 amide bonds. The van der Waals surface area contributed by atoms with Gasteiger partial charge < -0.3 is 10.2 Å². The highest BCUT2D eigenvalue weighted by molar-refractivity contribution is 7.89. The van der Waals surface area contributed by atoms with Crippen LogP contribution in [0.25, 0.3) is 0 Å². The summed E-state index contributed by atoms with van der Waals surface area (Å²) < 4.78 is 28.2. The Morgan fingerprint density at radius 1 is 1.28 bits per heavy atom. The lowest BCUT2D eigenvalue weighted by molar-refractivity contribution is -0.126. The van der Waals surface area contributed by atoms with Gasteiger partial charge in [0.1, 0.15) is 0 Å². The molecule has 0 radical (unpaired) electrons. The van der Waals surface area contributed by atoms with Gasteiger partial charge in [0, 0.05) is 44.8 Å². The molecular weight excluding hydrogens is 428 g/mol. The van der Waals surface area contributed by atoms with Crippen LogP contribution < -0.4 is 10.2 Å². The molecule has 8 nitrogen and oxygen atoms in total. The molecule has 0 bridgehead atoms. The maximum Gasteiger partial charge on any atom is 0.243 e. The second kappa shape index (κ2) is 8.29. The molecular formula is C23H28N4O4S. The topological polar surface area (TPSA) is 99.7 Å². The number of hydrogen-bond donors (Lipinski definition) is 1. The Kier molecular flexibility index (Phi) is 5.81. The zero-order valence-electron chi connectivity index (χ0n) is 18.5. The number of piperidine rings is 1. The molecule has 170 valence electrons. The number of nitrogens with one attached hydrogen (secondary N) is 1. The van der Waals surface area contributed by atoms with Crippen molar-refractivity contribution in [1.29, 1.82) is 0 Å². The summed E-state index contributed by atoms with van der Waals surface area (Å²) in [5, 5.41) is 2.89. The van der Waals surface area contributed by atoms with E-state index in [0.717, 1.165) is 11.3 Å². The van der Waals surface area contributed by atoms with Gasteiger partial charge in [-0.05, 0) is 62.1 Å². The number of benzene rings is 1. The summed E-state index contributed by atoms with van der Waals surface area (Å²) in [6, 6.07) is 8.53. The van der Waals surface area contributed by atoms with E-state index in [1.165, 1.54) is 4.31 Å². The minimum Gasteiger partial charge on any atom is -0.352 e. The first-order valence-corrected chi connectivity index (χ1v) is 12.2. The SMILES string of the molecule is CN1C(=O)C(C)(C)c2cc(S(=O)(=O)N3CCC[C@@H](C(=O)NCc4cccnc4)C3)ccc21. The van der Waals surface area contributed by atoms with Crippen LogP contribution in [-0.2, 0) is 31.6 Å². The number of carbonyl (C=O) groups excluding carboxylic acids is 2. The second-order valence-corrected chi connectivity index (χ2v) is 10.9. The summed E-state index contributed by atoms with van der Waals surface area (Å²) in [6.07, 6.45) is 4.61. The molecule has 1 fully saturated rings. The predicted octanol–water partition coefficient (Wildman–Crippen LogP) is 2.05. The van der Waals surface area contributed by atoms with Gasteiger partial charge in [-0.2, -0.15) is 4.31 Å². The lowest BCUT2D eigenvalue weighted by Crippen LogP contribution is -2.45. The van der Waals surface area contributed by atoms with Crippen LogP contribution in [0.4, 0.5) is 5.69 Å². The molecule has 32 heavy (non-hydrogen) atoms. The highest BCUT2D eigenvalue weighted by Gasteiger charge is 2.43. The Morgan fingerprint density at radius 3 is 2.78 bits per heavy atom. The van der Waals surface area contributed by atoms with E-state index in [0.29, 0.717) is 31.5 Å². The van der Waals surface area contributed by atoms with Crippen molar-refractivity contribution in [3.63, 3.8) is 0 Å². The maximum atomic E-state index is 13.4. The predicted molar refractivity (Wildman–Crippen MR) is 120 cm³/mol. The summed E-state index contributed by atoms with van der Waals surface area (Å²) in [6.45, 7) is 4.47. The molecule has 1 atom stereocenters. The van der Waals surface area contributed by atoms with E-state index in [2.05, 4.69) is 10.3 Å². The standard InChI is InChI=1S/C23H28N4O4S/c1-23(2)19-12-18(8-9-20(19)26(3)22(23)29)32(30,31)27-11-5-7-17(15-27)21(28)25-14-16-6-4-10-24-13-16/h4,6,8-10,12-13,17H,5,7,11,14-15H2,1-3H3,(H,25,28)/t17-/m1/s1. The molecule has 0 spiro atoms. The molecule has 2 aliphatic rings. The maximum absolute atomic E-state index is 13.4. The van der Waals surface area contributed by atoms with Gasteiger partial charge in [-0.3, -0.25) is 14.6 Å². The molecule has 1 aromatic carbocycles. The van der Waals surface area contributed by atoms with Crippen LogP contribution in [-0.4, -0.2) is 49.7 Å². The van der Waals surface area contributed by atoms with Crippen LogP contribution in [0, 0.1) is 5.92 Å². The van der Waals surface area contributed by atoms with Crippen molar-refractivity contribution in [2.24, 2.45) is 5.92 Å². The summed E-state index contributed by atoms with van der Waals surface area (Å²) in [7, 11) is -2.09. The number of sulfonamides is 1. The van der Waals surface area contributed by atoms with Crippen molar-refractivity contribution < 1.29 is 18.0 Å². The van der Waals surface area contributed by atoms with Crippen LogP contribution in [0.2, 0.25) is 0 Å². The number of nitrogens with zero attached hydrogens (tertiary/aromatic N) is 3. The number of amides is 2. The van der Waals surface area contributed by atoms with Gasteiger partial charge in [-0.25, -0.2) is 8.42 Å². The number of hydrogen-bond acceptors (Lipinski definition) is 5. The van der Waals surface area contributed by atoms with Gasteiger partial charge in [0.15, 0.2) is 0 Å². The van der Waals surface area contributed by atoms with E-state index < -0.39 is 21.4 Å². The van der Waals surface area contributed by atoms with Gasteiger partial charge in [0.2, 0.25) is 21.8 Å². The fourth-order valence-electron chi connectivity index (χ4n) is 4.47. The van der Waals surface area contributed by atoms with Crippen molar-refractivity contribution in [3.8, 4) is 0 Å². The largest absolute Gasteiger partial charge is 0.352 e.